The van der Waals surface area contributed by atoms with E-state index in [9.17, 15) is 9.59 Å². The Morgan fingerprint density at radius 2 is 1.83 bits per heavy atom. The van der Waals surface area contributed by atoms with Crippen LogP contribution >= 0.6 is 23.4 Å². The zero-order chi connectivity index (χ0) is 28.3. The molecule has 7 nitrogen and oxygen atoms in total. The van der Waals surface area contributed by atoms with Crippen LogP contribution in [0.25, 0.3) is 16.9 Å². The smallest absolute Gasteiger partial charge is 0.240 e. The molecule has 2 atom stereocenters. The number of rotatable bonds is 7. The van der Waals surface area contributed by atoms with Gasteiger partial charge in [0.2, 0.25) is 11.8 Å². The molecular formula is C31H28ClFN4O3S. The van der Waals surface area contributed by atoms with Crippen LogP contribution in [0.3, 0.4) is 0 Å². The number of para-hydroxylation sites is 1. The maximum atomic E-state index is 15.3. The van der Waals surface area contributed by atoms with Gasteiger partial charge < -0.3 is 10.1 Å². The molecule has 210 valence electrons. The monoisotopic (exact) mass is 590 g/mol. The molecular weight excluding hydrogens is 563 g/mol. The number of hydrogen-bond donors (Lipinski definition) is 1. The van der Waals surface area contributed by atoms with E-state index in [1.165, 1.54) is 22.7 Å². The molecule has 0 unspecified atom stereocenters. The minimum absolute atomic E-state index is 0.0336. The van der Waals surface area contributed by atoms with E-state index in [0.717, 1.165) is 18.4 Å². The van der Waals surface area contributed by atoms with Gasteiger partial charge >= 0.3 is 0 Å². The predicted octanol–water partition coefficient (Wildman–Crippen LogP) is 5.80. The minimum Gasteiger partial charge on any atom is -0.376 e. The number of anilines is 1. The minimum atomic E-state index is -0.568. The second kappa shape index (κ2) is 12.1. The van der Waals surface area contributed by atoms with Gasteiger partial charge in [-0.1, -0.05) is 72.3 Å². The lowest BCUT2D eigenvalue weighted by Gasteiger charge is -2.24. The van der Waals surface area contributed by atoms with Crippen molar-refractivity contribution in [1.82, 2.24) is 15.1 Å². The van der Waals surface area contributed by atoms with Crippen molar-refractivity contribution in [1.29, 1.82) is 0 Å². The van der Waals surface area contributed by atoms with Crippen molar-refractivity contribution in [2.24, 2.45) is 0 Å². The normalized spacial score (nSPS) is 18.7. The highest BCUT2D eigenvalue weighted by Crippen LogP contribution is 2.49. The summed E-state index contributed by atoms with van der Waals surface area (Å²) in [4.78, 5) is 28.5. The third-order valence-corrected chi connectivity index (χ3v) is 8.81. The summed E-state index contributed by atoms with van der Waals surface area (Å²) in [5.41, 5.74) is 3.01. The summed E-state index contributed by atoms with van der Waals surface area (Å²) in [6, 6.07) is 23.3. The van der Waals surface area contributed by atoms with Gasteiger partial charge in [-0.05, 0) is 31.0 Å². The first-order valence-corrected chi connectivity index (χ1v) is 14.9. The molecule has 2 amide bonds. The van der Waals surface area contributed by atoms with E-state index in [-0.39, 0.29) is 36.0 Å². The number of hydrogen-bond acceptors (Lipinski definition) is 5. The Hall–Kier alpha value is -3.66. The number of fused-ring (bicyclic) bond motifs is 1. The molecule has 0 saturated carbocycles. The summed E-state index contributed by atoms with van der Waals surface area (Å²) < 4.78 is 22.6. The summed E-state index contributed by atoms with van der Waals surface area (Å²) >= 11 is 7.98. The number of ether oxygens (including phenoxy) is 1. The number of carbonyl (C=O) groups excluding carboxylic acids is 2. The van der Waals surface area contributed by atoms with Crippen molar-refractivity contribution in [2.45, 2.75) is 24.2 Å². The van der Waals surface area contributed by atoms with Crippen molar-refractivity contribution < 1.29 is 18.7 Å². The summed E-state index contributed by atoms with van der Waals surface area (Å²) in [6.45, 7) is 0.829. The maximum absolute atomic E-state index is 15.3. The number of benzene rings is 3. The lowest BCUT2D eigenvalue weighted by atomic mass is 9.99. The van der Waals surface area contributed by atoms with Crippen molar-refractivity contribution in [3.63, 3.8) is 0 Å². The van der Waals surface area contributed by atoms with E-state index in [1.807, 2.05) is 42.5 Å². The highest BCUT2D eigenvalue weighted by atomic mass is 35.5. The second-order valence-corrected chi connectivity index (χ2v) is 11.4. The molecule has 1 fully saturated rings. The zero-order valence-corrected chi connectivity index (χ0v) is 23.7. The fraction of sp³-hybridized carbons (Fsp3) is 0.258. The van der Waals surface area contributed by atoms with Crippen LogP contribution in [0.4, 0.5) is 10.2 Å². The van der Waals surface area contributed by atoms with Crippen LogP contribution in [0.15, 0.2) is 78.9 Å². The molecule has 3 heterocycles. The highest BCUT2D eigenvalue weighted by Gasteiger charge is 2.38. The van der Waals surface area contributed by atoms with E-state index in [1.54, 1.807) is 35.0 Å². The Bertz CT molecular complexity index is 1570. The van der Waals surface area contributed by atoms with Gasteiger partial charge in [-0.25, -0.2) is 9.07 Å². The first-order valence-electron chi connectivity index (χ1n) is 13.5. The molecule has 6 rings (SSSR count). The Morgan fingerprint density at radius 3 is 2.59 bits per heavy atom. The van der Waals surface area contributed by atoms with E-state index >= 15 is 4.39 Å². The number of carbonyl (C=O) groups is 2. The molecule has 2 aliphatic rings. The van der Waals surface area contributed by atoms with E-state index in [2.05, 4.69) is 5.32 Å². The molecule has 10 heteroatoms. The van der Waals surface area contributed by atoms with Crippen LogP contribution in [0.2, 0.25) is 5.02 Å². The van der Waals surface area contributed by atoms with Gasteiger partial charge in [-0.3, -0.25) is 14.5 Å². The van der Waals surface area contributed by atoms with Crippen LogP contribution in [0, 0.1) is 5.82 Å². The topological polar surface area (TPSA) is 76.5 Å². The molecule has 0 aliphatic carbocycles. The molecule has 41 heavy (non-hydrogen) atoms. The second-order valence-electron chi connectivity index (χ2n) is 9.95. The maximum Gasteiger partial charge on any atom is 0.240 e. The third kappa shape index (κ3) is 5.62. The first kappa shape index (κ1) is 27.5. The molecule has 0 spiro atoms. The molecule has 1 aromatic heterocycles. The van der Waals surface area contributed by atoms with Gasteiger partial charge in [-0.2, -0.15) is 5.10 Å². The fourth-order valence-electron chi connectivity index (χ4n) is 5.29. The average Bonchev–Trinajstić information content (AvgIpc) is 3.62. The van der Waals surface area contributed by atoms with Crippen LogP contribution in [-0.4, -0.2) is 53.1 Å². The molecule has 1 saturated heterocycles. The first-order chi connectivity index (χ1) is 20.0. The predicted molar refractivity (Wildman–Crippen MR) is 159 cm³/mol. The average molecular weight is 591 g/mol. The van der Waals surface area contributed by atoms with E-state index in [4.69, 9.17) is 21.4 Å². The quantitative estimate of drug-likeness (QED) is 0.295. The summed E-state index contributed by atoms with van der Waals surface area (Å²) in [6.07, 6.45) is 1.81. The van der Waals surface area contributed by atoms with Gasteiger partial charge in [0.25, 0.3) is 0 Å². The van der Waals surface area contributed by atoms with Gasteiger partial charge in [0.1, 0.15) is 18.2 Å². The summed E-state index contributed by atoms with van der Waals surface area (Å²) in [7, 11) is 0. The largest absolute Gasteiger partial charge is 0.376 e. The van der Waals surface area contributed by atoms with E-state index < -0.39 is 5.25 Å². The van der Waals surface area contributed by atoms with Crippen LogP contribution in [0.1, 0.15) is 29.2 Å². The molecule has 4 aromatic rings. The lowest BCUT2D eigenvalue weighted by molar-refractivity contribution is -0.123. The van der Waals surface area contributed by atoms with Crippen molar-refractivity contribution in [2.75, 3.05) is 30.3 Å². The summed E-state index contributed by atoms with van der Waals surface area (Å²) in [5, 5.41) is 7.77. The van der Waals surface area contributed by atoms with E-state index in [0.29, 0.717) is 46.5 Å². The highest BCUT2D eigenvalue weighted by molar-refractivity contribution is 8.00. The molecule has 3 aromatic carbocycles. The number of halogens is 2. The lowest BCUT2D eigenvalue weighted by Crippen LogP contribution is -2.44. The SMILES string of the molecule is O=C(CN1C(=O)CS[C@@H](c2ccccc2F)c2c(-c3ccccc3)nn(-c3ccccc3Cl)c21)NC[C@H]1CCCO1. The standard InChI is InChI=1S/C31H28ClFN4O3S/c32-23-13-5-7-15-25(23)37-31-28(29(35-37)20-9-2-1-3-10-20)30(22-12-4-6-14-24(22)33)41-19-27(39)36(31)18-26(38)34-17-21-11-8-16-40-21/h1-7,9-10,12-15,21,30H,8,11,16-19H2,(H,34,38)/t21-,30+/m1/s1. The molecule has 2 aliphatic heterocycles. The van der Waals surface area contributed by atoms with Crippen molar-refractivity contribution in [3.05, 3.63) is 101 Å². The van der Waals surface area contributed by atoms with Gasteiger partial charge in [0.15, 0.2) is 0 Å². The number of amides is 2. The van der Waals surface area contributed by atoms with Crippen molar-refractivity contribution >= 4 is 41.0 Å². The van der Waals surface area contributed by atoms with Gasteiger partial charge in [0.05, 0.1) is 33.5 Å². The third-order valence-electron chi connectivity index (χ3n) is 7.26. The molecule has 0 bridgehead atoms. The van der Waals surface area contributed by atoms with Crippen LogP contribution < -0.4 is 10.2 Å². The van der Waals surface area contributed by atoms with Crippen LogP contribution in [0.5, 0.6) is 0 Å². The molecule has 1 N–H and O–H groups in total. The number of nitrogens with one attached hydrogen (secondary N) is 1. The van der Waals surface area contributed by atoms with Crippen LogP contribution in [-0.2, 0) is 14.3 Å². The Balaban J connectivity index is 1.54. The number of thioether (sulfide) groups is 1. The zero-order valence-electron chi connectivity index (χ0n) is 22.1. The number of aromatic nitrogens is 2. The Morgan fingerprint density at radius 1 is 1.07 bits per heavy atom. The Kier molecular flexibility index (Phi) is 8.09. The summed E-state index contributed by atoms with van der Waals surface area (Å²) in [5.74, 6) is -0.538. The van der Waals surface area contributed by atoms with Crippen molar-refractivity contribution in [3.8, 4) is 16.9 Å². The Labute approximate surface area is 246 Å². The fourth-order valence-corrected chi connectivity index (χ4v) is 6.72. The van der Waals surface area contributed by atoms with Gasteiger partial charge in [-0.15, -0.1) is 11.8 Å². The number of nitrogens with zero attached hydrogens (tertiary/aromatic N) is 3. The van der Waals surface area contributed by atoms with Gasteiger partial charge in [0, 0.05) is 29.8 Å². The molecule has 0 radical (unpaired) electrons.